The van der Waals surface area contributed by atoms with Crippen LogP contribution < -0.4 is 21.5 Å². The summed E-state index contributed by atoms with van der Waals surface area (Å²) in [6, 6.07) is 14.4. The van der Waals surface area contributed by atoms with Gasteiger partial charge in [-0.3, -0.25) is 9.59 Å². The van der Waals surface area contributed by atoms with E-state index < -0.39 is 11.5 Å². The lowest BCUT2D eigenvalue weighted by Gasteiger charge is -2.33. The third-order valence-corrected chi connectivity index (χ3v) is 6.60. The van der Waals surface area contributed by atoms with E-state index in [1.165, 1.54) is 7.11 Å². The van der Waals surface area contributed by atoms with Crippen molar-refractivity contribution in [1.82, 2.24) is 15.1 Å². The van der Waals surface area contributed by atoms with Crippen LogP contribution in [-0.2, 0) is 6.54 Å². The zero-order chi connectivity index (χ0) is 25.2. The lowest BCUT2D eigenvalue weighted by atomic mass is 9.84. The van der Waals surface area contributed by atoms with Crippen molar-refractivity contribution < 1.29 is 19.4 Å². The van der Waals surface area contributed by atoms with Gasteiger partial charge in [-0.2, -0.15) is 5.10 Å². The highest BCUT2D eigenvalue weighted by Gasteiger charge is 2.32. The Kier molecular flexibility index (Phi) is 6.79. The summed E-state index contributed by atoms with van der Waals surface area (Å²) in [6.07, 6.45) is 2.68. The molecular weight excluding hydrogens is 446 g/mol. The molecule has 6 N–H and O–H groups in total. The summed E-state index contributed by atoms with van der Waals surface area (Å²) < 4.78 is 6.92. The average Bonchev–Trinajstić information content (AvgIpc) is 3.20. The molecule has 0 saturated heterocycles. The summed E-state index contributed by atoms with van der Waals surface area (Å²) in [5.41, 5.74) is 13.9. The fourth-order valence-electron chi connectivity index (χ4n) is 4.53. The van der Waals surface area contributed by atoms with Crippen LogP contribution in [0.15, 0.2) is 48.5 Å². The second kappa shape index (κ2) is 9.79. The van der Waals surface area contributed by atoms with Gasteiger partial charge in [0, 0.05) is 12.1 Å². The Hall–Kier alpha value is -3.85. The lowest BCUT2D eigenvalue weighted by Crippen LogP contribution is -2.32. The maximum absolute atomic E-state index is 12.6. The van der Waals surface area contributed by atoms with E-state index in [9.17, 15) is 14.7 Å². The Labute approximate surface area is 204 Å². The van der Waals surface area contributed by atoms with E-state index in [1.807, 2.05) is 31.2 Å². The maximum atomic E-state index is 12.6. The Morgan fingerprint density at radius 1 is 1.17 bits per heavy atom. The van der Waals surface area contributed by atoms with Gasteiger partial charge in [0.25, 0.3) is 11.8 Å². The van der Waals surface area contributed by atoms with Crippen LogP contribution in [0.3, 0.4) is 0 Å². The highest BCUT2D eigenvalue weighted by atomic mass is 16.5. The fourth-order valence-corrected chi connectivity index (χ4v) is 4.53. The van der Waals surface area contributed by atoms with Gasteiger partial charge in [0.15, 0.2) is 0 Å². The summed E-state index contributed by atoms with van der Waals surface area (Å²) >= 11 is 0. The predicted octanol–water partition coefficient (Wildman–Crippen LogP) is 3.04. The van der Waals surface area contributed by atoms with Crippen LogP contribution in [0.4, 0.5) is 5.82 Å². The van der Waals surface area contributed by atoms with Gasteiger partial charge in [-0.15, -0.1) is 0 Å². The molecule has 0 aliphatic heterocycles. The zero-order valence-corrected chi connectivity index (χ0v) is 20.0. The Morgan fingerprint density at radius 3 is 2.46 bits per heavy atom. The van der Waals surface area contributed by atoms with E-state index in [-0.39, 0.29) is 23.3 Å². The molecule has 2 aromatic carbocycles. The van der Waals surface area contributed by atoms with E-state index in [1.54, 1.807) is 28.9 Å². The molecule has 1 heterocycles. The molecule has 1 aliphatic carbocycles. The number of nitrogens with zero attached hydrogens (tertiary/aromatic N) is 2. The quantitative estimate of drug-likeness (QED) is 0.411. The number of primary amides is 1. The van der Waals surface area contributed by atoms with Gasteiger partial charge < -0.3 is 26.6 Å². The van der Waals surface area contributed by atoms with E-state index in [4.69, 9.17) is 16.2 Å². The number of aromatic nitrogens is 2. The van der Waals surface area contributed by atoms with Crippen molar-refractivity contribution in [3.63, 3.8) is 0 Å². The maximum Gasteiger partial charge on any atom is 0.255 e. The third kappa shape index (κ3) is 5.14. The minimum absolute atomic E-state index is 0.00783. The van der Waals surface area contributed by atoms with Crippen molar-refractivity contribution in [2.75, 3.05) is 12.8 Å². The van der Waals surface area contributed by atoms with Crippen molar-refractivity contribution in [1.29, 1.82) is 0 Å². The number of aliphatic hydroxyl groups is 1. The highest BCUT2D eigenvalue weighted by molar-refractivity contribution is 6.03. The number of carbonyl (C=O) groups excluding carboxylic acids is 2. The van der Waals surface area contributed by atoms with Crippen molar-refractivity contribution in [3.8, 4) is 17.0 Å². The first-order valence-corrected chi connectivity index (χ1v) is 11.6. The van der Waals surface area contributed by atoms with Crippen LogP contribution in [0.5, 0.6) is 5.75 Å². The molecule has 0 radical (unpaired) electrons. The number of hydrogen-bond acceptors (Lipinski definition) is 6. The number of para-hydroxylation sites is 1. The molecule has 1 fully saturated rings. The number of methoxy groups -OCH3 is 1. The number of hydrogen-bond donors (Lipinski definition) is 4. The average molecular weight is 478 g/mol. The predicted molar refractivity (Wildman–Crippen MR) is 133 cm³/mol. The minimum atomic E-state index is -0.690. The van der Waals surface area contributed by atoms with E-state index >= 15 is 0 Å². The molecule has 1 aromatic heterocycles. The number of rotatable bonds is 7. The molecule has 1 aliphatic rings. The van der Waals surface area contributed by atoms with Crippen molar-refractivity contribution in [3.05, 3.63) is 65.2 Å². The first-order valence-electron chi connectivity index (χ1n) is 11.6. The van der Waals surface area contributed by atoms with Crippen LogP contribution in [0.25, 0.3) is 11.3 Å². The summed E-state index contributed by atoms with van der Waals surface area (Å²) in [5, 5.41) is 17.8. The topological polar surface area (TPSA) is 145 Å². The van der Waals surface area contributed by atoms with Gasteiger partial charge in [-0.1, -0.05) is 36.4 Å². The smallest absolute Gasteiger partial charge is 0.255 e. The summed E-state index contributed by atoms with van der Waals surface area (Å²) in [4.78, 5) is 24.8. The van der Waals surface area contributed by atoms with Crippen LogP contribution in [0.1, 0.15) is 64.9 Å². The van der Waals surface area contributed by atoms with Gasteiger partial charge in [-0.25, -0.2) is 4.68 Å². The first kappa shape index (κ1) is 24.3. The van der Waals surface area contributed by atoms with Crippen LogP contribution in [0, 0.1) is 0 Å². The zero-order valence-electron chi connectivity index (χ0n) is 20.0. The number of nitrogen functional groups attached to an aromatic ring is 1. The second-order valence-electron chi connectivity index (χ2n) is 9.23. The van der Waals surface area contributed by atoms with Crippen LogP contribution in [0.2, 0.25) is 0 Å². The molecule has 0 bridgehead atoms. The molecule has 9 nitrogen and oxygen atoms in total. The number of anilines is 1. The first-order chi connectivity index (χ1) is 16.7. The molecule has 184 valence electrons. The van der Waals surface area contributed by atoms with Crippen LogP contribution in [-0.4, -0.2) is 39.4 Å². The SMILES string of the molecule is COc1ccccc1C(=O)NCc1ccc(-c2nn(C3CCC(C)(O)CC3)c(N)c2C(N)=O)cc1. The van der Waals surface area contributed by atoms with Crippen molar-refractivity contribution >= 4 is 17.6 Å². The fraction of sp³-hybridized carbons (Fsp3) is 0.346. The lowest BCUT2D eigenvalue weighted by molar-refractivity contribution is 0.00879. The van der Waals surface area contributed by atoms with Crippen molar-refractivity contribution in [2.24, 2.45) is 5.73 Å². The number of carbonyl (C=O) groups is 2. The Bertz CT molecular complexity index is 1220. The molecule has 2 amide bonds. The molecule has 3 aromatic rings. The number of nitrogens with two attached hydrogens (primary N) is 2. The number of amides is 2. The van der Waals surface area contributed by atoms with Crippen LogP contribution >= 0.6 is 0 Å². The van der Waals surface area contributed by atoms with Gasteiger partial charge in [0.2, 0.25) is 0 Å². The largest absolute Gasteiger partial charge is 0.496 e. The number of nitrogens with one attached hydrogen (secondary N) is 1. The standard InChI is InChI=1S/C26H31N5O4/c1-26(34)13-11-18(12-14-26)31-23(27)21(24(28)32)22(30-31)17-9-7-16(8-10-17)15-29-25(33)19-5-3-4-6-20(19)35-2/h3-10,18,34H,11-15,27H2,1-2H3,(H2,28,32)(H,29,33). The normalized spacial score (nSPS) is 19.8. The number of benzene rings is 2. The third-order valence-electron chi connectivity index (χ3n) is 6.60. The van der Waals surface area contributed by atoms with Crippen molar-refractivity contribution in [2.45, 2.75) is 50.8 Å². The van der Waals surface area contributed by atoms with Gasteiger partial charge in [-0.05, 0) is 50.3 Å². The highest BCUT2D eigenvalue weighted by Crippen LogP contribution is 2.38. The molecular formula is C26H31N5O4. The second-order valence-corrected chi connectivity index (χ2v) is 9.23. The monoisotopic (exact) mass is 477 g/mol. The molecule has 0 atom stereocenters. The molecule has 4 rings (SSSR count). The molecule has 0 unspecified atom stereocenters. The van der Waals surface area contributed by atoms with Gasteiger partial charge in [0.05, 0.1) is 24.3 Å². The Balaban J connectivity index is 1.51. The van der Waals surface area contributed by atoms with Gasteiger partial charge >= 0.3 is 0 Å². The summed E-state index contributed by atoms with van der Waals surface area (Å²) in [5.74, 6) is -0.124. The summed E-state index contributed by atoms with van der Waals surface area (Å²) in [6.45, 7) is 2.15. The van der Waals surface area contributed by atoms with E-state index in [0.717, 1.165) is 5.56 Å². The van der Waals surface area contributed by atoms with E-state index in [0.29, 0.717) is 54.8 Å². The Morgan fingerprint density at radius 2 is 1.83 bits per heavy atom. The van der Waals surface area contributed by atoms with E-state index in [2.05, 4.69) is 10.4 Å². The molecule has 9 heteroatoms. The summed E-state index contributed by atoms with van der Waals surface area (Å²) in [7, 11) is 1.52. The molecule has 0 spiro atoms. The number of ether oxygens (including phenoxy) is 1. The van der Waals surface area contributed by atoms with Gasteiger partial charge in [0.1, 0.15) is 22.8 Å². The molecule has 1 saturated carbocycles. The molecule has 35 heavy (non-hydrogen) atoms. The minimum Gasteiger partial charge on any atom is -0.496 e.